The number of hydrogen-bond donors (Lipinski definition) is 0. The predicted molar refractivity (Wildman–Crippen MR) is 58.2 cm³/mol. The topological polar surface area (TPSA) is 69.9 Å². The molecule has 0 amide bonds. The van der Waals surface area contributed by atoms with E-state index in [9.17, 15) is 4.79 Å². The van der Waals surface area contributed by atoms with Crippen molar-refractivity contribution >= 4 is 21.9 Å². The highest BCUT2D eigenvalue weighted by atomic mass is 79.9. The van der Waals surface area contributed by atoms with Crippen molar-refractivity contribution in [1.82, 2.24) is 19.7 Å². The highest BCUT2D eigenvalue weighted by Crippen LogP contribution is 2.10. The van der Waals surface area contributed by atoms with Gasteiger partial charge in [-0.1, -0.05) is 0 Å². The maximum atomic E-state index is 11.2. The molecule has 6 nitrogen and oxygen atoms in total. The summed E-state index contributed by atoms with van der Waals surface area (Å²) in [7, 11) is 1.29. The summed E-state index contributed by atoms with van der Waals surface area (Å²) >= 11 is 3.27. The maximum Gasteiger partial charge on any atom is 0.358 e. The molecular formula is C9H7BrN4O2. The number of aromatic nitrogens is 4. The fraction of sp³-hybridized carbons (Fsp3) is 0.111. The zero-order valence-corrected chi connectivity index (χ0v) is 9.88. The Morgan fingerprint density at radius 1 is 1.44 bits per heavy atom. The van der Waals surface area contributed by atoms with Gasteiger partial charge in [0.1, 0.15) is 0 Å². The minimum atomic E-state index is -0.527. The largest absolute Gasteiger partial charge is 0.464 e. The molecule has 0 fully saturated rings. The van der Waals surface area contributed by atoms with Crippen molar-refractivity contribution in [2.24, 2.45) is 0 Å². The van der Waals surface area contributed by atoms with E-state index in [1.54, 1.807) is 12.4 Å². The summed E-state index contributed by atoms with van der Waals surface area (Å²) in [6.07, 6.45) is 6.18. The minimum Gasteiger partial charge on any atom is -0.464 e. The molecule has 0 aliphatic rings. The van der Waals surface area contributed by atoms with Gasteiger partial charge in [-0.25, -0.2) is 14.5 Å². The lowest BCUT2D eigenvalue weighted by atomic mass is 10.4. The van der Waals surface area contributed by atoms with Gasteiger partial charge < -0.3 is 4.74 Å². The number of nitrogens with zero attached hydrogens (tertiary/aromatic N) is 4. The molecule has 2 heterocycles. The standard InChI is InChI=1S/C9H7BrN4O2/c1-16-9(15)7-3-11-4-8(13-7)14-5-6(10)2-12-14/h2-5H,1H3. The number of ether oxygens (including phenoxy) is 1. The predicted octanol–water partition coefficient (Wildman–Crippen LogP) is 1.21. The Kier molecular flexibility index (Phi) is 2.95. The second-order valence-electron chi connectivity index (χ2n) is 2.86. The van der Waals surface area contributed by atoms with E-state index in [4.69, 9.17) is 0 Å². The van der Waals surface area contributed by atoms with Crippen molar-refractivity contribution in [1.29, 1.82) is 0 Å². The zero-order valence-electron chi connectivity index (χ0n) is 8.29. The van der Waals surface area contributed by atoms with Crippen LogP contribution in [0.1, 0.15) is 10.5 Å². The summed E-state index contributed by atoms with van der Waals surface area (Å²) in [6, 6.07) is 0. The van der Waals surface area contributed by atoms with Crippen LogP contribution in [-0.4, -0.2) is 32.8 Å². The van der Waals surface area contributed by atoms with Crippen molar-refractivity contribution in [2.75, 3.05) is 7.11 Å². The Balaban J connectivity index is 2.39. The summed E-state index contributed by atoms with van der Waals surface area (Å²) < 4.78 is 6.87. The quantitative estimate of drug-likeness (QED) is 0.775. The van der Waals surface area contributed by atoms with E-state index in [1.165, 1.54) is 24.2 Å². The Labute approximate surface area is 99.4 Å². The summed E-state index contributed by atoms with van der Waals surface area (Å²) in [5.74, 6) is -0.0748. The number of rotatable bonds is 2. The van der Waals surface area contributed by atoms with Gasteiger partial charge in [-0.15, -0.1) is 0 Å². The summed E-state index contributed by atoms with van der Waals surface area (Å²) in [4.78, 5) is 19.2. The van der Waals surface area contributed by atoms with Gasteiger partial charge in [-0.3, -0.25) is 4.98 Å². The third kappa shape index (κ3) is 2.08. The normalized spacial score (nSPS) is 10.1. The van der Waals surface area contributed by atoms with E-state index in [-0.39, 0.29) is 5.69 Å². The molecule has 0 aromatic carbocycles. The molecular weight excluding hydrogens is 276 g/mol. The first-order valence-electron chi connectivity index (χ1n) is 4.31. The molecule has 0 spiro atoms. The van der Waals surface area contributed by atoms with Gasteiger partial charge in [0.2, 0.25) is 0 Å². The molecule has 0 bridgehead atoms. The maximum absolute atomic E-state index is 11.2. The summed E-state index contributed by atoms with van der Waals surface area (Å²) in [5, 5.41) is 4.03. The molecule has 16 heavy (non-hydrogen) atoms. The fourth-order valence-electron chi connectivity index (χ4n) is 1.10. The molecule has 0 unspecified atom stereocenters. The van der Waals surface area contributed by atoms with Crippen LogP contribution in [-0.2, 0) is 4.74 Å². The van der Waals surface area contributed by atoms with E-state index in [0.717, 1.165) is 4.47 Å². The van der Waals surface area contributed by atoms with Crippen LogP contribution in [0.15, 0.2) is 29.3 Å². The fourth-order valence-corrected chi connectivity index (χ4v) is 1.38. The molecule has 82 valence electrons. The SMILES string of the molecule is COC(=O)c1cncc(-n2cc(Br)cn2)n1. The average molecular weight is 283 g/mol. The highest BCUT2D eigenvalue weighted by molar-refractivity contribution is 9.10. The van der Waals surface area contributed by atoms with Crippen LogP contribution < -0.4 is 0 Å². The first kappa shape index (κ1) is 10.7. The smallest absolute Gasteiger partial charge is 0.358 e. The van der Waals surface area contributed by atoms with Crippen LogP contribution in [0.2, 0.25) is 0 Å². The number of methoxy groups -OCH3 is 1. The van der Waals surface area contributed by atoms with Crippen molar-refractivity contribution in [2.45, 2.75) is 0 Å². The van der Waals surface area contributed by atoms with Crippen LogP contribution in [0.5, 0.6) is 0 Å². The second-order valence-corrected chi connectivity index (χ2v) is 3.77. The average Bonchev–Trinajstić information content (AvgIpc) is 2.75. The number of halogens is 1. The van der Waals surface area contributed by atoms with Gasteiger partial charge in [0.05, 0.1) is 30.2 Å². The van der Waals surface area contributed by atoms with Crippen molar-refractivity contribution in [3.8, 4) is 5.82 Å². The zero-order chi connectivity index (χ0) is 11.5. The van der Waals surface area contributed by atoms with E-state index in [0.29, 0.717) is 5.82 Å². The molecule has 7 heteroatoms. The van der Waals surface area contributed by atoms with Crippen molar-refractivity contribution < 1.29 is 9.53 Å². The van der Waals surface area contributed by atoms with Crippen LogP contribution in [0.3, 0.4) is 0 Å². The van der Waals surface area contributed by atoms with Gasteiger partial charge in [-0.2, -0.15) is 5.10 Å². The molecule has 0 aliphatic heterocycles. The lowest BCUT2D eigenvalue weighted by molar-refractivity contribution is 0.0593. The summed E-state index contributed by atoms with van der Waals surface area (Å²) in [5.41, 5.74) is 0.145. The molecule has 0 atom stereocenters. The van der Waals surface area contributed by atoms with Crippen LogP contribution in [0, 0.1) is 0 Å². The van der Waals surface area contributed by atoms with E-state index in [2.05, 4.69) is 35.7 Å². The van der Waals surface area contributed by atoms with Gasteiger partial charge in [0.25, 0.3) is 0 Å². The summed E-state index contributed by atoms with van der Waals surface area (Å²) in [6.45, 7) is 0. The van der Waals surface area contributed by atoms with Crippen molar-refractivity contribution in [3.05, 3.63) is 35.0 Å². The Morgan fingerprint density at radius 2 is 2.25 bits per heavy atom. The van der Waals surface area contributed by atoms with Crippen LogP contribution in [0.25, 0.3) is 5.82 Å². The first-order chi connectivity index (χ1) is 7.70. The molecule has 0 saturated carbocycles. The molecule has 0 aliphatic carbocycles. The molecule has 0 saturated heterocycles. The number of hydrogen-bond acceptors (Lipinski definition) is 5. The van der Waals surface area contributed by atoms with Crippen LogP contribution in [0.4, 0.5) is 0 Å². The third-order valence-electron chi connectivity index (χ3n) is 1.80. The van der Waals surface area contributed by atoms with Crippen LogP contribution >= 0.6 is 15.9 Å². The minimum absolute atomic E-state index is 0.145. The molecule has 0 N–H and O–H groups in total. The van der Waals surface area contributed by atoms with Crippen molar-refractivity contribution in [3.63, 3.8) is 0 Å². The monoisotopic (exact) mass is 282 g/mol. The van der Waals surface area contributed by atoms with E-state index >= 15 is 0 Å². The number of esters is 1. The van der Waals surface area contributed by atoms with Gasteiger partial charge in [0.15, 0.2) is 11.5 Å². The Bertz CT molecular complexity index is 526. The molecule has 0 radical (unpaired) electrons. The highest BCUT2D eigenvalue weighted by Gasteiger charge is 2.09. The Hall–Kier alpha value is -1.76. The lowest BCUT2D eigenvalue weighted by Crippen LogP contribution is -2.08. The third-order valence-corrected chi connectivity index (χ3v) is 2.21. The van der Waals surface area contributed by atoms with Gasteiger partial charge in [0, 0.05) is 6.20 Å². The van der Waals surface area contributed by atoms with Gasteiger partial charge >= 0.3 is 5.97 Å². The molecule has 2 aromatic rings. The molecule has 2 rings (SSSR count). The number of carbonyl (C=O) groups excluding carboxylic acids is 1. The lowest BCUT2D eigenvalue weighted by Gasteiger charge is -2.01. The second kappa shape index (κ2) is 4.40. The van der Waals surface area contributed by atoms with Gasteiger partial charge in [-0.05, 0) is 15.9 Å². The first-order valence-corrected chi connectivity index (χ1v) is 5.11. The number of carbonyl (C=O) groups is 1. The van der Waals surface area contributed by atoms with E-state index < -0.39 is 5.97 Å². The molecule has 2 aromatic heterocycles. The van der Waals surface area contributed by atoms with E-state index in [1.807, 2.05) is 0 Å². The Morgan fingerprint density at radius 3 is 2.88 bits per heavy atom.